The van der Waals surface area contributed by atoms with Crippen molar-refractivity contribution in [3.63, 3.8) is 0 Å². The van der Waals surface area contributed by atoms with Crippen molar-refractivity contribution in [2.45, 2.75) is 43.9 Å². The topological polar surface area (TPSA) is 88.3 Å². The van der Waals surface area contributed by atoms with Gasteiger partial charge in [-0.3, -0.25) is 4.79 Å². The fraction of sp³-hybridized carbons (Fsp3) is 0.318. The number of ether oxygens (including phenoxy) is 1. The minimum atomic E-state index is -4.02. The molecule has 7 heteroatoms. The highest BCUT2D eigenvalue weighted by atomic mass is 32.2. The Kier molecular flexibility index (Phi) is 4.65. The number of carbonyl (C=O) groups excluding carboxylic acids is 1. The Morgan fingerprint density at radius 3 is 2.62 bits per heavy atom. The van der Waals surface area contributed by atoms with Gasteiger partial charge < -0.3 is 9.72 Å². The SMILES string of the molecule is CCOc1cc(C)ccc1C1(C(=O)NS(=O)(=O)c2cccc3[nH]c(C)cc23)CC1. The van der Waals surface area contributed by atoms with E-state index in [0.29, 0.717) is 30.6 Å². The predicted octanol–water partition coefficient (Wildman–Crippen LogP) is 3.72. The van der Waals surface area contributed by atoms with Crippen LogP contribution in [0.15, 0.2) is 47.4 Å². The zero-order valence-electron chi connectivity index (χ0n) is 16.7. The first-order valence-electron chi connectivity index (χ1n) is 9.66. The van der Waals surface area contributed by atoms with Crippen LogP contribution in [0.3, 0.4) is 0 Å². The number of aryl methyl sites for hydroxylation is 2. The van der Waals surface area contributed by atoms with E-state index in [2.05, 4.69) is 9.71 Å². The summed E-state index contributed by atoms with van der Waals surface area (Å²) in [5.41, 5.74) is 2.47. The van der Waals surface area contributed by atoms with Gasteiger partial charge in [0.25, 0.3) is 10.0 Å². The molecule has 2 aromatic carbocycles. The number of aromatic amines is 1. The third-order valence-corrected chi connectivity index (χ3v) is 6.80. The summed E-state index contributed by atoms with van der Waals surface area (Å²) in [5, 5.41) is 0.570. The Hall–Kier alpha value is -2.80. The molecule has 1 aliphatic carbocycles. The van der Waals surface area contributed by atoms with Gasteiger partial charge in [-0.05, 0) is 63.4 Å². The summed E-state index contributed by atoms with van der Waals surface area (Å²) in [6, 6.07) is 12.4. The van der Waals surface area contributed by atoms with Gasteiger partial charge in [-0.1, -0.05) is 18.2 Å². The summed E-state index contributed by atoms with van der Waals surface area (Å²) >= 11 is 0. The number of carbonyl (C=O) groups is 1. The highest BCUT2D eigenvalue weighted by Crippen LogP contribution is 2.52. The van der Waals surface area contributed by atoms with Gasteiger partial charge in [-0.15, -0.1) is 0 Å². The van der Waals surface area contributed by atoms with E-state index in [4.69, 9.17) is 4.74 Å². The number of rotatable bonds is 6. The quantitative estimate of drug-likeness (QED) is 0.646. The monoisotopic (exact) mass is 412 g/mol. The van der Waals surface area contributed by atoms with Crippen LogP contribution in [0.4, 0.5) is 0 Å². The van der Waals surface area contributed by atoms with E-state index < -0.39 is 21.3 Å². The van der Waals surface area contributed by atoms with Gasteiger partial charge in [-0.2, -0.15) is 0 Å². The third-order valence-electron chi connectivity index (χ3n) is 5.41. The first-order chi connectivity index (χ1) is 13.8. The molecule has 1 fully saturated rings. The van der Waals surface area contributed by atoms with Crippen molar-refractivity contribution in [1.29, 1.82) is 0 Å². The Labute approximate surface area is 170 Å². The van der Waals surface area contributed by atoms with Crippen molar-refractivity contribution in [1.82, 2.24) is 9.71 Å². The van der Waals surface area contributed by atoms with Crippen LogP contribution in [0.5, 0.6) is 5.75 Å². The Bertz CT molecular complexity index is 1210. The summed E-state index contributed by atoms with van der Waals surface area (Å²) in [7, 11) is -4.02. The molecule has 1 amide bonds. The predicted molar refractivity (Wildman–Crippen MR) is 112 cm³/mol. The first kappa shape index (κ1) is 19.5. The highest BCUT2D eigenvalue weighted by molar-refractivity contribution is 7.90. The molecule has 6 nitrogen and oxygen atoms in total. The molecule has 2 N–H and O–H groups in total. The van der Waals surface area contributed by atoms with Gasteiger partial charge in [0.1, 0.15) is 5.75 Å². The lowest BCUT2D eigenvalue weighted by atomic mass is 9.93. The Morgan fingerprint density at radius 2 is 1.93 bits per heavy atom. The van der Waals surface area contributed by atoms with Crippen LogP contribution in [0.1, 0.15) is 36.6 Å². The second kappa shape index (κ2) is 6.91. The molecule has 152 valence electrons. The molecule has 0 saturated heterocycles. The maximum absolute atomic E-state index is 13.1. The highest BCUT2D eigenvalue weighted by Gasteiger charge is 2.54. The van der Waals surface area contributed by atoms with E-state index in [-0.39, 0.29) is 4.90 Å². The first-order valence-corrected chi connectivity index (χ1v) is 11.1. The van der Waals surface area contributed by atoms with Gasteiger partial charge in [0, 0.05) is 22.2 Å². The van der Waals surface area contributed by atoms with Crippen molar-refractivity contribution in [3.05, 3.63) is 59.3 Å². The average molecular weight is 413 g/mol. The Morgan fingerprint density at radius 1 is 1.17 bits per heavy atom. The zero-order valence-corrected chi connectivity index (χ0v) is 17.5. The molecule has 0 bridgehead atoms. The summed E-state index contributed by atoms with van der Waals surface area (Å²) < 4.78 is 34.2. The lowest BCUT2D eigenvalue weighted by Crippen LogP contribution is -2.39. The molecule has 1 aliphatic rings. The molecular weight excluding hydrogens is 388 g/mol. The molecule has 0 radical (unpaired) electrons. The van der Waals surface area contributed by atoms with Crippen LogP contribution < -0.4 is 9.46 Å². The van der Waals surface area contributed by atoms with E-state index >= 15 is 0 Å². The number of H-pyrrole nitrogens is 1. The number of aromatic nitrogens is 1. The van der Waals surface area contributed by atoms with Crippen molar-refractivity contribution in [2.24, 2.45) is 0 Å². The normalized spacial score (nSPS) is 15.3. The van der Waals surface area contributed by atoms with Crippen LogP contribution in [-0.4, -0.2) is 25.9 Å². The molecule has 3 aromatic rings. The largest absolute Gasteiger partial charge is 0.494 e. The molecule has 0 unspecified atom stereocenters. The van der Waals surface area contributed by atoms with E-state index in [9.17, 15) is 13.2 Å². The van der Waals surface area contributed by atoms with Crippen molar-refractivity contribution >= 4 is 26.8 Å². The van der Waals surface area contributed by atoms with Gasteiger partial charge in [0.2, 0.25) is 5.91 Å². The number of benzene rings is 2. The minimum Gasteiger partial charge on any atom is -0.494 e. The maximum Gasteiger partial charge on any atom is 0.264 e. The molecule has 1 aromatic heterocycles. The van der Waals surface area contributed by atoms with Gasteiger partial charge in [-0.25, -0.2) is 13.1 Å². The Balaban J connectivity index is 1.69. The van der Waals surface area contributed by atoms with Crippen LogP contribution >= 0.6 is 0 Å². The number of hydrogen-bond acceptors (Lipinski definition) is 4. The van der Waals surface area contributed by atoms with Gasteiger partial charge in [0.15, 0.2) is 0 Å². The minimum absolute atomic E-state index is 0.0948. The number of hydrogen-bond donors (Lipinski definition) is 2. The number of amides is 1. The molecule has 0 spiro atoms. The summed E-state index contributed by atoms with van der Waals surface area (Å²) in [5.74, 6) is 0.132. The molecule has 1 saturated carbocycles. The van der Waals surface area contributed by atoms with Crippen LogP contribution in [0, 0.1) is 13.8 Å². The fourth-order valence-corrected chi connectivity index (χ4v) is 5.08. The van der Waals surface area contributed by atoms with Gasteiger partial charge in [0.05, 0.1) is 16.9 Å². The van der Waals surface area contributed by atoms with E-state index in [1.54, 1.807) is 12.1 Å². The molecule has 4 rings (SSSR count). The average Bonchev–Trinajstić information content (AvgIpc) is 3.36. The number of fused-ring (bicyclic) bond motifs is 1. The van der Waals surface area contributed by atoms with E-state index in [1.165, 1.54) is 6.07 Å². The van der Waals surface area contributed by atoms with Crippen LogP contribution in [-0.2, 0) is 20.2 Å². The number of nitrogens with one attached hydrogen (secondary N) is 2. The van der Waals surface area contributed by atoms with Crippen molar-refractivity contribution in [3.8, 4) is 5.75 Å². The zero-order chi connectivity index (χ0) is 20.8. The maximum atomic E-state index is 13.1. The summed E-state index contributed by atoms with van der Waals surface area (Å²) in [4.78, 5) is 16.4. The molecule has 0 aliphatic heterocycles. The third kappa shape index (κ3) is 3.40. The lowest BCUT2D eigenvalue weighted by Gasteiger charge is -2.20. The van der Waals surface area contributed by atoms with E-state index in [1.807, 2.05) is 45.0 Å². The fourth-order valence-electron chi connectivity index (χ4n) is 3.82. The van der Waals surface area contributed by atoms with Crippen LogP contribution in [0.25, 0.3) is 10.9 Å². The lowest BCUT2D eigenvalue weighted by molar-refractivity contribution is -0.121. The molecular formula is C22H24N2O4S. The second-order valence-electron chi connectivity index (χ2n) is 7.62. The second-order valence-corrected chi connectivity index (χ2v) is 9.27. The number of sulfonamides is 1. The summed E-state index contributed by atoms with van der Waals surface area (Å²) in [6.07, 6.45) is 1.18. The molecule has 29 heavy (non-hydrogen) atoms. The molecule has 1 heterocycles. The standard InChI is InChI=1S/C22H24N2O4S/c1-4-28-19-12-14(2)8-9-17(19)22(10-11-22)21(25)24-29(26,27)20-7-5-6-18-16(20)13-15(3)23-18/h5-9,12-13,23H,4,10-11H2,1-3H3,(H,24,25). The van der Waals surface area contributed by atoms with Crippen molar-refractivity contribution < 1.29 is 17.9 Å². The smallest absolute Gasteiger partial charge is 0.264 e. The van der Waals surface area contributed by atoms with Gasteiger partial charge >= 0.3 is 0 Å². The summed E-state index contributed by atoms with van der Waals surface area (Å²) in [6.45, 7) is 6.17. The van der Waals surface area contributed by atoms with Crippen LogP contribution in [0.2, 0.25) is 0 Å². The van der Waals surface area contributed by atoms with E-state index in [0.717, 1.165) is 22.3 Å². The van der Waals surface area contributed by atoms with Crippen molar-refractivity contribution in [2.75, 3.05) is 6.61 Å². The molecule has 0 atom stereocenters.